The number of hydrazone groups is 1. The summed E-state index contributed by atoms with van der Waals surface area (Å²) in [6, 6.07) is 0. The molecule has 0 aromatic rings. The van der Waals surface area contributed by atoms with E-state index in [1.165, 1.54) is 32.1 Å². The molecule has 3 nitrogen and oxygen atoms in total. The first-order valence-electron chi connectivity index (χ1n) is 7.25. The molecule has 1 atom stereocenters. The van der Waals surface area contributed by atoms with Gasteiger partial charge in [0.15, 0.2) is 0 Å². The molecule has 0 aliphatic carbocycles. The van der Waals surface area contributed by atoms with Crippen LogP contribution in [0, 0.1) is 5.92 Å². The summed E-state index contributed by atoms with van der Waals surface area (Å²) < 4.78 is 0. The van der Waals surface area contributed by atoms with Crippen molar-refractivity contribution in [3.8, 4) is 0 Å². The SMILES string of the molecule is CCCCCCN1N=CN(CC)C1CC(C)C. The van der Waals surface area contributed by atoms with Crippen molar-refractivity contribution in [1.29, 1.82) is 0 Å². The number of hydrogen-bond acceptors (Lipinski definition) is 3. The standard InChI is InChI=1S/C14H29N3/c1-5-7-8-9-10-17-14(11-13(3)4)16(6-2)12-15-17/h12-14H,5-11H2,1-4H3. The highest BCUT2D eigenvalue weighted by atomic mass is 15.6. The first kappa shape index (κ1) is 14.3. The molecule has 0 bridgehead atoms. The Morgan fingerprint density at radius 3 is 2.53 bits per heavy atom. The number of hydrogen-bond donors (Lipinski definition) is 0. The summed E-state index contributed by atoms with van der Waals surface area (Å²) in [5.41, 5.74) is 0. The Kier molecular flexibility index (Phi) is 6.38. The van der Waals surface area contributed by atoms with Crippen molar-refractivity contribution in [2.45, 2.75) is 66.0 Å². The fourth-order valence-corrected chi connectivity index (χ4v) is 2.34. The Balaban J connectivity index is 2.38. The van der Waals surface area contributed by atoms with Crippen LogP contribution in [0.15, 0.2) is 5.10 Å². The zero-order valence-electron chi connectivity index (χ0n) is 12.0. The summed E-state index contributed by atoms with van der Waals surface area (Å²) in [4.78, 5) is 2.36. The third kappa shape index (κ3) is 4.57. The molecular formula is C14H29N3. The molecule has 1 rings (SSSR count). The van der Waals surface area contributed by atoms with Crippen molar-refractivity contribution in [2.75, 3.05) is 13.1 Å². The van der Waals surface area contributed by atoms with Gasteiger partial charge in [-0.25, -0.2) is 0 Å². The van der Waals surface area contributed by atoms with E-state index in [0.29, 0.717) is 6.17 Å². The van der Waals surface area contributed by atoms with Gasteiger partial charge in [-0.05, 0) is 25.7 Å². The van der Waals surface area contributed by atoms with E-state index in [2.05, 4.69) is 42.7 Å². The van der Waals surface area contributed by atoms with Crippen LogP contribution in [-0.2, 0) is 0 Å². The molecule has 0 amide bonds. The molecular weight excluding hydrogens is 210 g/mol. The molecule has 0 fully saturated rings. The van der Waals surface area contributed by atoms with E-state index in [9.17, 15) is 0 Å². The molecule has 0 N–H and O–H groups in total. The fraction of sp³-hybridized carbons (Fsp3) is 0.929. The van der Waals surface area contributed by atoms with E-state index < -0.39 is 0 Å². The summed E-state index contributed by atoms with van der Waals surface area (Å²) in [5, 5.41) is 6.85. The highest BCUT2D eigenvalue weighted by molar-refractivity contribution is 5.56. The van der Waals surface area contributed by atoms with Gasteiger partial charge in [0.2, 0.25) is 0 Å². The normalized spacial score (nSPS) is 19.7. The molecule has 0 saturated carbocycles. The minimum absolute atomic E-state index is 0.502. The molecule has 1 aliphatic rings. The first-order valence-corrected chi connectivity index (χ1v) is 7.25. The van der Waals surface area contributed by atoms with Gasteiger partial charge in [-0.1, -0.05) is 40.0 Å². The molecule has 17 heavy (non-hydrogen) atoms. The van der Waals surface area contributed by atoms with Gasteiger partial charge in [0.25, 0.3) is 0 Å². The van der Waals surface area contributed by atoms with Crippen molar-refractivity contribution in [3.63, 3.8) is 0 Å². The van der Waals surface area contributed by atoms with Gasteiger partial charge in [-0.3, -0.25) is 5.01 Å². The van der Waals surface area contributed by atoms with E-state index in [-0.39, 0.29) is 0 Å². The number of unbranched alkanes of at least 4 members (excludes halogenated alkanes) is 3. The van der Waals surface area contributed by atoms with Gasteiger partial charge >= 0.3 is 0 Å². The van der Waals surface area contributed by atoms with Gasteiger partial charge in [0.1, 0.15) is 12.5 Å². The van der Waals surface area contributed by atoms with Crippen molar-refractivity contribution < 1.29 is 0 Å². The quantitative estimate of drug-likeness (QED) is 0.604. The van der Waals surface area contributed by atoms with Crippen LogP contribution in [0.5, 0.6) is 0 Å². The van der Waals surface area contributed by atoms with Gasteiger partial charge in [-0.15, -0.1) is 0 Å². The van der Waals surface area contributed by atoms with Crippen LogP contribution < -0.4 is 0 Å². The predicted molar refractivity (Wildman–Crippen MR) is 75.0 cm³/mol. The van der Waals surface area contributed by atoms with E-state index in [4.69, 9.17) is 0 Å². The van der Waals surface area contributed by atoms with Crippen LogP contribution >= 0.6 is 0 Å². The lowest BCUT2D eigenvalue weighted by Gasteiger charge is -2.31. The number of rotatable bonds is 8. The topological polar surface area (TPSA) is 18.8 Å². The van der Waals surface area contributed by atoms with E-state index in [0.717, 1.165) is 19.0 Å². The van der Waals surface area contributed by atoms with Crippen molar-refractivity contribution >= 4 is 6.34 Å². The first-order chi connectivity index (χ1) is 8.19. The smallest absolute Gasteiger partial charge is 0.119 e. The molecule has 1 aliphatic heterocycles. The second-order valence-corrected chi connectivity index (χ2v) is 5.40. The van der Waals surface area contributed by atoms with Gasteiger partial charge in [-0.2, -0.15) is 5.10 Å². The van der Waals surface area contributed by atoms with Crippen LogP contribution in [0.2, 0.25) is 0 Å². The summed E-state index contributed by atoms with van der Waals surface area (Å²) in [6.07, 6.45) is 9.00. The van der Waals surface area contributed by atoms with Gasteiger partial charge in [0, 0.05) is 13.1 Å². The van der Waals surface area contributed by atoms with Crippen LogP contribution in [0.25, 0.3) is 0 Å². The Morgan fingerprint density at radius 2 is 1.94 bits per heavy atom. The lowest BCUT2D eigenvalue weighted by atomic mass is 10.1. The maximum absolute atomic E-state index is 4.55. The molecule has 0 spiro atoms. The molecule has 1 unspecified atom stereocenters. The predicted octanol–water partition coefficient (Wildman–Crippen LogP) is 3.52. The molecule has 0 saturated heterocycles. The molecule has 0 radical (unpaired) electrons. The summed E-state index contributed by atoms with van der Waals surface area (Å²) in [5.74, 6) is 0.730. The second kappa shape index (κ2) is 7.57. The third-order valence-corrected chi connectivity index (χ3v) is 3.36. The monoisotopic (exact) mass is 239 g/mol. The average molecular weight is 239 g/mol. The minimum atomic E-state index is 0.502. The average Bonchev–Trinajstić information content (AvgIpc) is 2.66. The van der Waals surface area contributed by atoms with Crippen LogP contribution in [0.4, 0.5) is 0 Å². The Labute approximate surface area is 107 Å². The van der Waals surface area contributed by atoms with Crippen LogP contribution in [-0.4, -0.2) is 35.5 Å². The lowest BCUT2D eigenvalue weighted by Crippen LogP contribution is -2.40. The highest BCUT2D eigenvalue weighted by Crippen LogP contribution is 2.20. The second-order valence-electron chi connectivity index (χ2n) is 5.40. The van der Waals surface area contributed by atoms with E-state index in [1.807, 2.05) is 6.34 Å². The Morgan fingerprint density at radius 1 is 1.18 bits per heavy atom. The highest BCUT2D eigenvalue weighted by Gasteiger charge is 2.26. The summed E-state index contributed by atoms with van der Waals surface area (Å²) >= 11 is 0. The molecule has 100 valence electrons. The van der Waals surface area contributed by atoms with E-state index >= 15 is 0 Å². The maximum atomic E-state index is 4.55. The van der Waals surface area contributed by atoms with Gasteiger partial charge < -0.3 is 4.90 Å². The lowest BCUT2D eigenvalue weighted by molar-refractivity contribution is 0.111. The van der Waals surface area contributed by atoms with E-state index in [1.54, 1.807) is 0 Å². The number of nitrogens with zero attached hydrogens (tertiary/aromatic N) is 3. The Hall–Kier alpha value is -0.730. The van der Waals surface area contributed by atoms with Crippen LogP contribution in [0.1, 0.15) is 59.8 Å². The van der Waals surface area contributed by atoms with Crippen molar-refractivity contribution in [1.82, 2.24) is 9.91 Å². The van der Waals surface area contributed by atoms with Crippen molar-refractivity contribution in [2.24, 2.45) is 11.0 Å². The fourth-order valence-electron chi connectivity index (χ4n) is 2.34. The molecule has 0 aromatic heterocycles. The maximum Gasteiger partial charge on any atom is 0.119 e. The zero-order valence-corrected chi connectivity index (χ0v) is 12.0. The van der Waals surface area contributed by atoms with Crippen LogP contribution in [0.3, 0.4) is 0 Å². The molecule has 0 aromatic carbocycles. The molecule has 1 heterocycles. The summed E-state index contributed by atoms with van der Waals surface area (Å²) in [6.45, 7) is 11.2. The largest absolute Gasteiger partial charge is 0.340 e. The summed E-state index contributed by atoms with van der Waals surface area (Å²) in [7, 11) is 0. The van der Waals surface area contributed by atoms with Crippen molar-refractivity contribution in [3.05, 3.63) is 0 Å². The third-order valence-electron chi connectivity index (χ3n) is 3.36. The Bertz CT molecular complexity index is 226. The molecule has 3 heteroatoms. The zero-order chi connectivity index (χ0) is 12.7. The minimum Gasteiger partial charge on any atom is -0.340 e. The van der Waals surface area contributed by atoms with Gasteiger partial charge in [0.05, 0.1) is 0 Å².